The molecule has 3 aromatic carbocycles. The average molecular weight is 396 g/mol. The zero-order valence-corrected chi connectivity index (χ0v) is 14.8. The maximum atomic E-state index is 13.0. The highest BCUT2D eigenvalue weighted by molar-refractivity contribution is 6.07. The molecule has 0 fully saturated rings. The summed E-state index contributed by atoms with van der Waals surface area (Å²) in [6, 6.07) is 13.4. The number of amides is 2. The molecule has 0 aromatic heterocycles. The smallest absolute Gasteiger partial charge is 0.335 e. The number of rotatable bonds is 5. The number of carbonyl (C=O) groups is 3. The van der Waals surface area contributed by atoms with E-state index in [0.717, 1.165) is 24.3 Å². The van der Waals surface area contributed by atoms with Crippen LogP contribution in [0.5, 0.6) is 0 Å². The Morgan fingerprint density at radius 1 is 0.621 bits per heavy atom. The molecule has 8 heteroatoms. The SMILES string of the molecule is O=C(O)c1cc(NC(=O)c2ccc(F)cc2)cc(NC(=O)c2ccc(F)cc2)c1. The summed E-state index contributed by atoms with van der Waals surface area (Å²) in [6.45, 7) is 0. The molecule has 3 aromatic rings. The van der Waals surface area contributed by atoms with Crippen LogP contribution in [0.3, 0.4) is 0 Å². The van der Waals surface area contributed by atoms with Crippen molar-refractivity contribution in [2.75, 3.05) is 10.6 Å². The fraction of sp³-hybridized carbons (Fsp3) is 0. The Morgan fingerprint density at radius 2 is 1.00 bits per heavy atom. The second-order valence-corrected chi connectivity index (χ2v) is 6.03. The molecule has 0 heterocycles. The number of carbonyl (C=O) groups excluding carboxylic acids is 2. The molecule has 29 heavy (non-hydrogen) atoms. The van der Waals surface area contributed by atoms with Gasteiger partial charge < -0.3 is 15.7 Å². The van der Waals surface area contributed by atoms with Crippen molar-refractivity contribution >= 4 is 29.2 Å². The lowest BCUT2D eigenvalue weighted by Gasteiger charge is -2.11. The highest BCUT2D eigenvalue weighted by atomic mass is 19.1. The number of carboxylic acid groups (broad SMARTS) is 1. The molecule has 146 valence electrons. The number of halogens is 2. The highest BCUT2D eigenvalue weighted by Crippen LogP contribution is 2.21. The van der Waals surface area contributed by atoms with Gasteiger partial charge in [0.25, 0.3) is 11.8 Å². The van der Waals surface area contributed by atoms with E-state index in [-0.39, 0.29) is 28.1 Å². The molecule has 0 atom stereocenters. The predicted molar refractivity (Wildman–Crippen MR) is 102 cm³/mol. The van der Waals surface area contributed by atoms with Crippen molar-refractivity contribution in [3.63, 3.8) is 0 Å². The van der Waals surface area contributed by atoms with E-state index >= 15 is 0 Å². The zero-order valence-electron chi connectivity index (χ0n) is 14.8. The maximum Gasteiger partial charge on any atom is 0.335 e. The van der Waals surface area contributed by atoms with Gasteiger partial charge in [-0.2, -0.15) is 0 Å². The summed E-state index contributed by atoms with van der Waals surface area (Å²) >= 11 is 0. The number of nitrogens with one attached hydrogen (secondary N) is 2. The molecule has 0 saturated carbocycles. The van der Waals surface area contributed by atoms with Crippen molar-refractivity contribution in [2.45, 2.75) is 0 Å². The van der Waals surface area contributed by atoms with Gasteiger partial charge in [0.2, 0.25) is 0 Å². The Labute approximate surface area is 163 Å². The van der Waals surface area contributed by atoms with Crippen LogP contribution in [0.4, 0.5) is 20.2 Å². The van der Waals surface area contributed by atoms with Crippen LogP contribution in [0.15, 0.2) is 66.7 Å². The van der Waals surface area contributed by atoms with E-state index in [1.807, 2.05) is 0 Å². The molecule has 0 aliphatic heterocycles. The van der Waals surface area contributed by atoms with Gasteiger partial charge in [-0.15, -0.1) is 0 Å². The first-order valence-electron chi connectivity index (χ1n) is 8.34. The highest BCUT2D eigenvalue weighted by Gasteiger charge is 2.13. The van der Waals surface area contributed by atoms with E-state index in [2.05, 4.69) is 10.6 Å². The summed E-state index contributed by atoms with van der Waals surface area (Å²) in [5, 5.41) is 14.3. The Kier molecular flexibility index (Phi) is 5.64. The second kappa shape index (κ2) is 8.30. The Hall–Kier alpha value is -4.07. The van der Waals surface area contributed by atoms with Gasteiger partial charge in [0, 0.05) is 22.5 Å². The van der Waals surface area contributed by atoms with Crippen molar-refractivity contribution in [3.8, 4) is 0 Å². The van der Waals surface area contributed by atoms with Crippen LogP contribution in [-0.4, -0.2) is 22.9 Å². The molecule has 0 aliphatic rings. The standard InChI is InChI=1S/C21H14F2N2O4/c22-15-5-1-12(2-6-15)19(26)24-17-9-14(21(28)29)10-18(11-17)25-20(27)13-3-7-16(23)8-4-13/h1-11H,(H,24,26)(H,25,27)(H,28,29). The lowest BCUT2D eigenvalue weighted by Crippen LogP contribution is -2.15. The molecule has 0 saturated heterocycles. The van der Waals surface area contributed by atoms with Crippen LogP contribution < -0.4 is 10.6 Å². The molecule has 0 spiro atoms. The van der Waals surface area contributed by atoms with Crippen molar-refractivity contribution in [1.82, 2.24) is 0 Å². The largest absolute Gasteiger partial charge is 0.478 e. The van der Waals surface area contributed by atoms with Gasteiger partial charge in [0.15, 0.2) is 0 Å². The van der Waals surface area contributed by atoms with Crippen LogP contribution in [0.1, 0.15) is 31.1 Å². The molecule has 0 bridgehead atoms. The zero-order chi connectivity index (χ0) is 21.0. The summed E-state index contributed by atoms with van der Waals surface area (Å²) in [5.74, 6) is -3.42. The van der Waals surface area contributed by atoms with Gasteiger partial charge in [-0.3, -0.25) is 9.59 Å². The number of benzene rings is 3. The lowest BCUT2D eigenvalue weighted by atomic mass is 10.1. The summed E-state index contributed by atoms with van der Waals surface area (Å²) in [5.41, 5.74) is 0.409. The minimum absolute atomic E-state index is 0.119. The van der Waals surface area contributed by atoms with Gasteiger partial charge in [0.1, 0.15) is 11.6 Å². The maximum absolute atomic E-state index is 13.0. The molecular formula is C21H14F2N2O4. The third-order valence-corrected chi connectivity index (χ3v) is 3.91. The third-order valence-electron chi connectivity index (χ3n) is 3.91. The lowest BCUT2D eigenvalue weighted by molar-refractivity contribution is 0.0696. The number of carboxylic acids is 1. The summed E-state index contributed by atoms with van der Waals surface area (Å²) in [6.07, 6.45) is 0. The van der Waals surface area contributed by atoms with Crippen LogP contribution in [-0.2, 0) is 0 Å². The first kappa shape index (κ1) is 19.7. The van der Waals surface area contributed by atoms with Gasteiger partial charge in [-0.05, 0) is 66.7 Å². The van der Waals surface area contributed by atoms with Crippen LogP contribution in [0, 0.1) is 11.6 Å². The van der Waals surface area contributed by atoms with Crippen molar-refractivity contribution in [1.29, 1.82) is 0 Å². The topological polar surface area (TPSA) is 95.5 Å². The summed E-state index contributed by atoms with van der Waals surface area (Å²) in [4.78, 5) is 36.0. The van der Waals surface area contributed by atoms with Crippen molar-refractivity contribution in [2.24, 2.45) is 0 Å². The normalized spacial score (nSPS) is 10.3. The number of hydrogen-bond donors (Lipinski definition) is 3. The van der Waals surface area contributed by atoms with Crippen LogP contribution in [0.25, 0.3) is 0 Å². The van der Waals surface area contributed by atoms with E-state index in [0.29, 0.717) is 0 Å². The van der Waals surface area contributed by atoms with Crippen LogP contribution >= 0.6 is 0 Å². The predicted octanol–water partition coefficient (Wildman–Crippen LogP) is 4.17. The quantitative estimate of drug-likeness (QED) is 0.603. The average Bonchev–Trinajstić information content (AvgIpc) is 2.68. The fourth-order valence-electron chi connectivity index (χ4n) is 2.50. The first-order chi connectivity index (χ1) is 13.8. The number of aromatic carboxylic acids is 1. The molecular weight excluding hydrogens is 382 g/mol. The summed E-state index contributed by atoms with van der Waals surface area (Å²) < 4.78 is 26.0. The Morgan fingerprint density at radius 3 is 1.34 bits per heavy atom. The minimum atomic E-state index is -1.26. The van der Waals surface area contributed by atoms with Gasteiger partial charge in [-0.1, -0.05) is 0 Å². The van der Waals surface area contributed by atoms with Crippen molar-refractivity contribution < 1.29 is 28.3 Å². The van der Waals surface area contributed by atoms with Crippen LogP contribution in [0.2, 0.25) is 0 Å². The van der Waals surface area contributed by atoms with Gasteiger partial charge in [-0.25, -0.2) is 13.6 Å². The number of anilines is 2. The second-order valence-electron chi connectivity index (χ2n) is 6.03. The molecule has 6 nitrogen and oxygen atoms in total. The fourth-order valence-corrected chi connectivity index (χ4v) is 2.50. The minimum Gasteiger partial charge on any atom is -0.478 e. The van der Waals surface area contributed by atoms with E-state index in [4.69, 9.17) is 0 Å². The van der Waals surface area contributed by atoms with E-state index in [1.165, 1.54) is 42.5 Å². The first-order valence-corrected chi connectivity index (χ1v) is 8.34. The van der Waals surface area contributed by atoms with E-state index in [1.54, 1.807) is 0 Å². The van der Waals surface area contributed by atoms with E-state index in [9.17, 15) is 28.3 Å². The summed E-state index contributed by atoms with van der Waals surface area (Å²) in [7, 11) is 0. The van der Waals surface area contributed by atoms with Gasteiger partial charge in [0.05, 0.1) is 5.56 Å². The van der Waals surface area contributed by atoms with E-state index < -0.39 is 29.4 Å². The molecule has 0 unspecified atom stereocenters. The molecule has 0 radical (unpaired) electrons. The Balaban J connectivity index is 1.84. The molecule has 3 N–H and O–H groups in total. The Bertz CT molecular complexity index is 1000. The number of hydrogen-bond acceptors (Lipinski definition) is 3. The monoisotopic (exact) mass is 396 g/mol. The molecule has 0 aliphatic carbocycles. The third kappa shape index (κ3) is 5.01. The molecule has 3 rings (SSSR count). The van der Waals surface area contributed by atoms with Crippen molar-refractivity contribution in [3.05, 3.63) is 95.1 Å². The molecule has 2 amide bonds. The van der Waals surface area contributed by atoms with Gasteiger partial charge >= 0.3 is 5.97 Å².